The number of hydrogen-bond donors (Lipinski definition) is 2. The summed E-state index contributed by atoms with van der Waals surface area (Å²) in [6.07, 6.45) is -11.0. The van der Waals surface area contributed by atoms with Gasteiger partial charge in [0.2, 0.25) is 5.96 Å². The highest BCUT2D eigenvalue weighted by molar-refractivity contribution is 6.09. The molecule has 6 nitrogen and oxygen atoms in total. The van der Waals surface area contributed by atoms with E-state index in [0.717, 1.165) is 24.3 Å². The lowest BCUT2D eigenvalue weighted by Gasteiger charge is -2.28. The number of benzene rings is 2. The second-order valence-corrected chi connectivity index (χ2v) is 9.56. The summed E-state index contributed by atoms with van der Waals surface area (Å²) in [4.78, 5) is 4.38. The fourth-order valence-corrected chi connectivity index (χ4v) is 3.11. The van der Waals surface area contributed by atoms with Gasteiger partial charge in [-0.3, -0.25) is 4.99 Å². The van der Waals surface area contributed by atoms with Gasteiger partial charge in [0.05, 0.1) is 5.71 Å². The smallest absolute Gasteiger partial charge is 0.428 e. The minimum absolute atomic E-state index is 0.0398. The first kappa shape index (κ1) is 31.4. The molecule has 0 spiro atoms. The molecule has 1 aliphatic rings. The van der Waals surface area contributed by atoms with Crippen molar-refractivity contribution in [3.63, 3.8) is 0 Å². The van der Waals surface area contributed by atoms with Crippen molar-refractivity contribution in [3.8, 4) is 11.5 Å². The summed E-state index contributed by atoms with van der Waals surface area (Å²) >= 11 is 0. The van der Waals surface area contributed by atoms with Crippen LogP contribution >= 0.6 is 0 Å². The maximum Gasteiger partial charge on any atom is 0.461 e. The van der Waals surface area contributed by atoms with Crippen molar-refractivity contribution in [3.05, 3.63) is 71.8 Å². The lowest BCUT2D eigenvalue weighted by atomic mass is 9.93. The molecular weight excluding hydrogens is 564 g/mol. The Bertz CT molecular complexity index is 1200. The maximum absolute atomic E-state index is 13.1. The van der Waals surface area contributed by atoms with Crippen LogP contribution in [0.1, 0.15) is 25.0 Å². The normalized spacial score (nSPS) is 15.7. The Kier molecular flexibility index (Phi) is 10.00. The van der Waals surface area contributed by atoms with Gasteiger partial charge in [-0.25, -0.2) is 5.43 Å². The molecule has 0 fully saturated rings. The Morgan fingerprint density at radius 3 is 1.66 bits per heavy atom. The zero-order valence-corrected chi connectivity index (χ0v) is 21.7. The molecule has 0 aromatic heterocycles. The summed E-state index contributed by atoms with van der Waals surface area (Å²) in [5.41, 5.74) is 4.08. The third-order valence-corrected chi connectivity index (χ3v) is 5.36. The standard InChI is InChI=1S/C27H26F8N4O2/c1-25(2)15-36-24(37-16-25)39-38-19(9-3-17-5-11-20(12-6-17)40-26(32,33)22(28)29)10-4-18-7-13-21(14-8-18)41-27(34,35)23(30)31/h3-14,22-23H,15-16H2,1-2H3,(H2,36,37,39)/b9-3+,10-4+. The van der Waals surface area contributed by atoms with Crippen molar-refractivity contribution in [2.45, 2.75) is 38.9 Å². The Hall–Kier alpha value is -4.10. The third-order valence-electron chi connectivity index (χ3n) is 5.36. The number of guanidine groups is 1. The van der Waals surface area contributed by atoms with Crippen LogP contribution in [0.15, 0.2) is 70.8 Å². The predicted octanol–water partition coefficient (Wildman–Crippen LogP) is 6.82. The number of rotatable bonds is 11. The van der Waals surface area contributed by atoms with E-state index in [1.807, 2.05) is 13.8 Å². The molecule has 0 radical (unpaired) electrons. The van der Waals surface area contributed by atoms with Crippen LogP contribution in [0.5, 0.6) is 11.5 Å². The summed E-state index contributed by atoms with van der Waals surface area (Å²) in [6.45, 7) is 5.27. The number of nitrogens with zero attached hydrogens (tertiary/aromatic N) is 2. The summed E-state index contributed by atoms with van der Waals surface area (Å²) < 4.78 is 110. The van der Waals surface area contributed by atoms with Crippen molar-refractivity contribution >= 4 is 23.8 Å². The molecule has 0 atom stereocenters. The first-order chi connectivity index (χ1) is 19.1. The van der Waals surface area contributed by atoms with Gasteiger partial charge in [0.1, 0.15) is 11.5 Å². The molecule has 2 aromatic rings. The van der Waals surface area contributed by atoms with Crippen molar-refractivity contribution in [2.24, 2.45) is 15.5 Å². The molecular formula is C27H26F8N4O2. The molecule has 2 N–H and O–H groups in total. The lowest BCUT2D eigenvalue weighted by Crippen LogP contribution is -2.46. The molecule has 0 saturated carbocycles. The number of nitrogens with one attached hydrogen (secondary N) is 2. The van der Waals surface area contributed by atoms with E-state index in [9.17, 15) is 35.1 Å². The molecule has 1 aliphatic heterocycles. The number of hydrazone groups is 1. The van der Waals surface area contributed by atoms with E-state index in [0.29, 0.717) is 35.9 Å². The van der Waals surface area contributed by atoms with Crippen molar-refractivity contribution in [1.82, 2.24) is 10.7 Å². The van der Waals surface area contributed by atoms with Gasteiger partial charge in [-0.1, -0.05) is 50.3 Å². The van der Waals surface area contributed by atoms with Gasteiger partial charge in [0.25, 0.3) is 0 Å². The van der Waals surface area contributed by atoms with Gasteiger partial charge in [-0.15, -0.1) is 0 Å². The molecule has 0 aliphatic carbocycles. The summed E-state index contributed by atoms with van der Waals surface area (Å²) in [5, 5.41) is 7.39. The van der Waals surface area contributed by atoms with Crippen LogP contribution in [0.2, 0.25) is 0 Å². The molecule has 1 heterocycles. The van der Waals surface area contributed by atoms with Crippen LogP contribution in [0.25, 0.3) is 12.2 Å². The Morgan fingerprint density at radius 2 is 1.29 bits per heavy atom. The summed E-state index contributed by atoms with van der Waals surface area (Å²) in [7, 11) is 0. The molecule has 222 valence electrons. The summed E-state index contributed by atoms with van der Waals surface area (Å²) in [5.74, 6) is -0.483. The summed E-state index contributed by atoms with van der Waals surface area (Å²) in [6, 6.07) is 9.87. The Balaban J connectivity index is 1.76. The third kappa shape index (κ3) is 9.80. The molecule has 0 bridgehead atoms. The highest BCUT2D eigenvalue weighted by atomic mass is 19.3. The zero-order valence-electron chi connectivity index (χ0n) is 21.7. The van der Waals surface area contributed by atoms with Crippen LogP contribution in [0.4, 0.5) is 35.1 Å². The van der Waals surface area contributed by atoms with Gasteiger partial charge >= 0.3 is 25.1 Å². The number of allylic oxidation sites excluding steroid dienone is 2. The molecule has 2 aromatic carbocycles. The Labute approximate surface area is 230 Å². The second-order valence-electron chi connectivity index (χ2n) is 9.56. The molecule has 0 saturated heterocycles. The van der Waals surface area contributed by atoms with Gasteiger partial charge in [-0.05, 0) is 47.5 Å². The van der Waals surface area contributed by atoms with Gasteiger partial charge in [-0.2, -0.15) is 40.2 Å². The quantitative estimate of drug-likeness (QED) is 0.171. The van der Waals surface area contributed by atoms with Crippen LogP contribution in [-0.4, -0.2) is 49.8 Å². The number of aliphatic imine (C=N–C) groups is 1. The minimum Gasteiger partial charge on any atom is -0.428 e. The largest absolute Gasteiger partial charge is 0.461 e. The predicted molar refractivity (Wildman–Crippen MR) is 139 cm³/mol. The van der Waals surface area contributed by atoms with Gasteiger partial charge < -0.3 is 14.8 Å². The van der Waals surface area contributed by atoms with Crippen LogP contribution < -0.4 is 20.2 Å². The first-order valence-electron chi connectivity index (χ1n) is 12.0. The average molecular weight is 591 g/mol. The first-order valence-corrected chi connectivity index (χ1v) is 12.0. The van der Waals surface area contributed by atoms with E-state index in [4.69, 9.17) is 0 Å². The van der Waals surface area contributed by atoms with Crippen molar-refractivity contribution < 1.29 is 44.6 Å². The number of hydrogen-bond acceptors (Lipinski definition) is 6. The van der Waals surface area contributed by atoms with Crippen molar-refractivity contribution in [2.75, 3.05) is 13.1 Å². The van der Waals surface area contributed by atoms with E-state index < -0.39 is 36.6 Å². The SMILES string of the molecule is CC1(C)CN=C(NN=C(/C=C/c2ccc(OC(F)(F)C(F)F)cc2)/C=C/c2ccc(OC(F)(F)C(F)F)cc2)NC1. The fraction of sp³-hybridized carbons (Fsp3) is 0.333. The second kappa shape index (κ2) is 13.0. The molecule has 41 heavy (non-hydrogen) atoms. The molecule has 14 heteroatoms. The maximum atomic E-state index is 13.1. The Morgan fingerprint density at radius 1 is 0.854 bits per heavy atom. The minimum atomic E-state index is -4.63. The number of halogens is 8. The number of alkyl halides is 8. The molecule has 0 unspecified atom stereocenters. The molecule has 3 rings (SSSR count). The average Bonchev–Trinajstić information content (AvgIpc) is 2.90. The topological polar surface area (TPSA) is 67.2 Å². The van der Waals surface area contributed by atoms with Crippen molar-refractivity contribution in [1.29, 1.82) is 0 Å². The van der Waals surface area contributed by atoms with Gasteiger partial charge in [0, 0.05) is 18.5 Å². The van der Waals surface area contributed by atoms with Gasteiger partial charge in [0.15, 0.2) is 0 Å². The highest BCUT2D eigenvalue weighted by Crippen LogP contribution is 2.29. The number of ether oxygens (including phenoxy) is 2. The highest BCUT2D eigenvalue weighted by Gasteiger charge is 2.44. The fourth-order valence-electron chi connectivity index (χ4n) is 3.11. The van der Waals surface area contributed by atoms with E-state index >= 15 is 0 Å². The molecule has 0 amide bonds. The van der Waals surface area contributed by atoms with Crippen LogP contribution in [0.3, 0.4) is 0 Å². The zero-order chi connectivity index (χ0) is 30.3. The van der Waals surface area contributed by atoms with Crippen LogP contribution in [-0.2, 0) is 0 Å². The van der Waals surface area contributed by atoms with E-state index in [1.165, 1.54) is 24.3 Å². The van der Waals surface area contributed by atoms with E-state index in [-0.39, 0.29) is 5.41 Å². The van der Waals surface area contributed by atoms with E-state index in [1.54, 1.807) is 24.3 Å². The van der Waals surface area contributed by atoms with Crippen LogP contribution in [0, 0.1) is 5.41 Å². The monoisotopic (exact) mass is 590 g/mol. The van der Waals surface area contributed by atoms with E-state index in [2.05, 4.69) is 30.3 Å². The lowest BCUT2D eigenvalue weighted by molar-refractivity contribution is -0.253.